The van der Waals surface area contributed by atoms with E-state index in [0.717, 1.165) is 0 Å². The second kappa shape index (κ2) is 5.92. The average molecular weight is 345 g/mol. The summed E-state index contributed by atoms with van der Waals surface area (Å²) < 4.78 is 31.5. The summed E-state index contributed by atoms with van der Waals surface area (Å²) in [5.41, 5.74) is 0.687. The lowest BCUT2D eigenvalue weighted by Gasteiger charge is -2.37. The highest BCUT2D eigenvalue weighted by molar-refractivity contribution is 7.88. The van der Waals surface area contributed by atoms with Crippen LogP contribution in [0.25, 0.3) is 0 Å². The van der Waals surface area contributed by atoms with Crippen molar-refractivity contribution in [2.45, 2.75) is 11.9 Å². The van der Waals surface area contributed by atoms with E-state index >= 15 is 0 Å². The quantitative estimate of drug-likeness (QED) is 0.835. The summed E-state index contributed by atoms with van der Waals surface area (Å²) in [6.45, 7) is 0.727. The standard InChI is InChI=1S/C13H13ClN2O3S2/c14-11-3-1-2-10(6-11)9-21(17,18)16-7-12(8-16)19-13-15-4-5-20-13/h1-6,12H,7-9H2. The first-order valence-electron chi connectivity index (χ1n) is 6.31. The fourth-order valence-corrected chi connectivity index (χ4v) is 4.38. The number of rotatable bonds is 5. The average Bonchev–Trinajstić information content (AvgIpc) is 2.85. The maximum atomic E-state index is 12.3. The first kappa shape index (κ1) is 14.8. The van der Waals surface area contributed by atoms with Crippen LogP contribution in [-0.4, -0.2) is 36.9 Å². The van der Waals surface area contributed by atoms with E-state index in [-0.39, 0.29) is 11.9 Å². The Morgan fingerprint density at radius 1 is 1.43 bits per heavy atom. The predicted molar refractivity (Wildman–Crippen MR) is 82.2 cm³/mol. The third kappa shape index (κ3) is 3.55. The molecule has 0 saturated carbocycles. The molecule has 0 spiro atoms. The summed E-state index contributed by atoms with van der Waals surface area (Å²) >= 11 is 7.27. The van der Waals surface area contributed by atoms with E-state index in [1.807, 2.05) is 5.38 Å². The molecule has 8 heteroatoms. The summed E-state index contributed by atoms with van der Waals surface area (Å²) in [4.78, 5) is 4.02. The van der Waals surface area contributed by atoms with E-state index in [1.165, 1.54) is 15.6 Å². The van der Waals surface area contributed by atoms with Gasteiger partial charge in [0.05, 0.1) is 18.8 Å². The number of hydrogen-bond donors (Lipinski definition) is 0. The Balaban J connectivity index is 1.57. The highest BCUT2D eigenvalue weighted by atomic mass is 35.5. The van der Waals surface area contributed by atoms with E-state index in [0.29, 0.717) is 28.9 Å². The molecule has 112 valence electrons. The van der Waals surface area contributed by atoms with Crippen molar-refractivity contribution < 1.29 is 13.2 Å². The molecule has 1 aliphatic rings. The minimum atomic E-state index is -3.33. The van der Waals surface area contributed by atoms with E-state index in [2.05, 4.69) is 4.98 Å². The lowest BCUT2D eigenvalue weighted by molar-refractivity contribution is 0.0758. The minimum absolute atomic E-state index is 0.0441. The Kier molecular flexibility index (Phi) is 4.17. The zero-order chi connectivity index (χ0) is 14.9. The van der Waals surface area contributed by atoms with E-state index in [9.17, 15) is 8.42 Å². The second-order valence-corrected chi connectivity index (χ2v) is 8.00. The van der Waals surface area contributed by atoms with Gasteiger partial charge in [-0.3, -0.25) is 0 Å². The van der Waals surface area contributed by atoms with Gasteiger partial charge in [-0.2, -0.15) is 4.31 Å². The van der Waals surface area contributed by atoms with Gasteiger partial charge in [-0.05, 0) is 17.7 Å². The summed E-state index contributed by atoms with van der Waals surface area (Å²) in [6.07, 6.45) is 1.54. The fourth-order valence-electron chi connectivity index (χ4n) is 2.04. The Labute approximate surface area is 132 Å². The molecule has 1 saturated heterocycles. The SMILES string of the molecule is O=S(=O)(Cc1cccc(Cl)c1)N1CC(Oc2nccs2)C1. The van der Waals surface area contributed by atoms with Gasteiger partial charge in [0.15, 0.2) is 0 Å². The monoisotopic (exact) mass is 344 g/mol. The zero-order valence-corrected chi connectivity index (χ0v) is 13.4. The van der Waals surface area contributed by atoms with Crippen LogP contribution in [0, 0.1) is 0 Å². The molecule has 3 rings (SSSR count). The number of hydrogen-bond acceptors (Lipinski definition) is 5. The van der Waals surface area contributed by atoms with Crippen molar-refractivity contribution in [1.29, 1.82) is 0 Å². The molecule has 1 aliphatic heterocycles. The van der Waals surface area contributed by atoms with Crippen LogP contribution in [0.3, 0.4) is 0 Å². The summed E-state index contributed by atoms with van der Waals surface area (Å²) in [5, 5.41) is 2.94. The van der Waals surface area contributed by atoms with Gasteiger partial charge in [-0.1, -0.05) is 35.1 Å². The van der Waals surface area contributed by atoms with Crippen LogP contribution >= 0.6 is 22.9 Å². The van der Waals surface area contributed by atoms with Crippen molar-refractivity contribution in [1.82, 2.24) is 9.29 Å². The second-order valence-electron chi connectivity index (χ2n) is 4.74. The highest BCUT2D eigenvalue weighted by Crippen LogP contribution is 2.24. The van der Waals surface area contributed by atoms with Gasteiger partial charge in [0.25, 0.3) is 5.19 Å². The van der Waals surface area contributed by atoms with Gasteiger partial charge in [0, 0.05) is 16.6 Å². The van der Waals surface area contributed by atoms with Gasteiger partial charge in [-0.25, -0.2) is 13.4 Å². The van der Waals surface area contributed by atoms with Gasteiger partial charge in [0.2, 0.25) is 10.0 Å². The normalized spacial score (nSPS) is 16.6. The Hall–Kier alpha value is -1.15. The van der Waals surface area contributed by atoms with Crippen molar-refractivity contribution in [3.63, 3.8) is 0 Å². The molecule has 0 N–H and O–H groups in total. The Morgan fingerprint density at radius 2 is 2.24 bits per heavy atom. The summed E-state index contributed by atoms with van der Waals surface area (Å²) in [5.74, 6) is -0.0441. The van der Waals surface area contributed by atoms with Crippen LogP contribution in [0.15, 0.2) is 35.8 Å². The number of sulfonamides is 1. The van der Waals surface area contributed by atoms with Crippen molar-refractivity contribution in [3.8, 4) is 5.19 Å². The van der Waals surface area contributed by atoms with Crippen molar-refractivity contribution >= 4 is 33.0 Å². The number of benzene rings is 1. The fraction of sp³-hybridized carbons (Fsp3) is 0.308. The smallest absolute Gasteiger partial charge is 0.273 e. The molecule has 5 nitrogen and oxygen atoms in total. The topological polar surface area (TPSA) is 59.5 Å². The van der Waals surface area contributed by atoms with Crippen molar-refractivity contribution in [3.05, 3.63) is 46.4 Å². The van der Waals surface area contributed by atoms with Crippen molar-refractivity contribution in [2.24, 2.45) is 0 Å². The van der Waals surface area contributed by atoms with Gasteiger partial charge in [0.1, 0.15) is 6.10 Å². The lowest BCUT2D eigenvalue weighted by Crippen LogP contribution is -2.56. The summed E-state index contributed by atoms with van der Waals surface area (Å²) in [6, 6.07) is 6.89. The van der Waals surface area contributed by atoms with Crippen LogP contribution in [-0.2, 0) is 15.8 Å². The van der Waals surface area contributed by atoms with Crippen LogP contribution in [0.5, 0.6) is 5.19 Å². The van der Waals surface area contributed by atoms with Crippen molar-refractivity contribution in [2.75, 3.05) is 13.1 Å². The molecule has 1 aromatic heterocycles. The minimum Gasteiger partial charge on any atom is -0.464 e. The largest absolute Gasteiger partial charge is 0.464 e. The maximum absolute atomic E-state index is 12.3. The van der Waals surface area contributed by atoms with Gasteiger partial charge in [-0.15, -0.1) is 0 Å². The summed E-state index contributed by atoms with van der Waals surface area (Å²) in [7, 11) is -3.33. The molecule has 21 heavy (non-hydrogen) atoms. The molecule has 0 radical (unpaired) electrons. The molecule has 0 aliphatic carbocycles. The molecule has 0 amide bonds. The third-order valence-electron chi connectivity index (χ3n) is 3.12. The van der Waals surface area contributed by atoms with Crippen LogP contribution in [0.1, 0.15) is 5.56 Å². The first-order chi connectivity index (χ1) is 10.0. The van der Waals surface area contributed by atoms with Crippen LogP contribution < -0.4 is 4.74 Å². The third-order valence-corrected chi connectivity index (χ3v) is 5.80. The first-order valence-corrected chi connectivity index (χ1v) is 9.18. The van der Waals surface area contributed by atoms with E-state index in [1.54, 1.807) is 30.5 Å². The Morgan fingerprint density at radius 3 is 2.90 bits per heavy atom. The zero-order valence-electron chi connectivity index (χ0n) is 11.0. The molecule has 0 unspecified atom stereocenters. The van der Waals surface area contributed by atoms with E-state index in [4.69, 9.17) is 16.3 Å². The lowest BCUT2D eigenvalue weighted by atomic mass is 10.2. The number of aromatic nitrogens is 1. The van der Waals surface area contributed by atoms with E-state index < -0.39 is 10.0 Å². The molecule has 2 heterocycles. The number of ether oxygens (including phenoxy) is 1. The number of thiazole rings is 1. The molecule has 1 aromatic carbocycles. The maximum Gasteiger partial charge on any atom is 0.273 e. The van der Waals surface area contributed by atoms with Gasteiger partial charge >= 0.3 is 0 Å². The molecular weight excluding hydrogens is 332 g/mol. The predicted octanol–water partition coefficient (Wildman–Crippen LogP) is 2.39. The molecule has 2 aromatic rings. The highest BCUT2D eigenvalue weighted by Gasteiger charge is 2.37. The molecule has 1 fully saturated rings. The van der Waals surface area contributed by atoms with Gasteiger partial charge < -0.3 is 4.74 Å². The molecule has 0 atom stereocenters. The number of nitrogens with zero attached hydrogens (tertiary/aromatic N) is 2. The van der Waals surface area contributed by atoms with Crippen LogP contribution in [0.2, 0.25) is 5.02 Å². The molecular formula is C13H13ClN2O3S2. The van der Waals surface area contributed by atoms with Crippen LogP contribution in [0.4, 0.5) is 0 Å². The number of halogens is 1. The molecule has 0 bridgehead atoms. The Bertz CT molecular complexity index is 713.